The lowest BCUT2D eigenvalue weighted by Gasteiger charge is -2.18. The minimum atomic E-state index is -0.0753. The summed E-state index contributed by atoms with van der Waals surface area (Å²) < 4.78 is 7.18. The standard InChI is InChI=1S/C14H11BrClN3O/c15-8-3-4-10-9(5-8)19-14-11(13(16)17-6-18-14)12(20-10)7-1-2-7/h3-7,12H,1-2H2,(H,17,18,19). The summed E-state index contributed by atoms with van der Waals surface area (Å²) in [6, 6.07) is 5.90. The summed E-state index contributed by atoms with van der Waals surface area (Å²) in [6.45, 7) is 0. The number of rotatable bonds is 1. The Labute approximate surface area is 129 Å². The zero-order chi connectivity index (χ0) is 13.7. The molecule has 0 amide bonds. The van der Waals surface area contributed by atoms with E-state index in [-0.39, 0.29) is 6.10 Å². The van der Waals surface area contributed by atoms with E-state index in [0.717, 1.165) is 40.1 Å². The highest BCUT2D eigenvalue weighted by Gasteiger charge is 2.39. The topological polar surface area (TPSA) is 47.0 Å². The van der Waals surface area contributed by atoms with Crippen LogP contribution in [-0.2, 0) is 0 Å². The van der Waals surface area contributed by atoms with E-state index in [1.807, 2.05) is 18.2 Å². The minimum absolute atomic E-state index is 0.0753. The fraction of sp³-hybridized carbons (Fsp3) is 0.286. The maximum atomic E-state index is 6.28. The third-order valence-corrected chi connectivity index (χ3v) is 4.41. The summed E-state index contributed by atoms with van der Waals surface area (Å²) in [6.07, 6.45) is 3.71. The molecule has 20 heavy (non-hydrogen) atoms. The molecule has 2 heterocycles. The molecule has 1 aromatic carbocycles. The van der Waals surface area contributed by atoms with Gasteiger partial charge in [-0.05, 0) is 31.0 Å². The molecule has 1 saturated carbocycles. The molecule has 2 aromatic rings. The van der Waals surface area contributed by atoms with Gasteiger partial charge in [0.1, 0.15) is 29.2 Å². The third-order valence-electron chi connectivity index (χ3n) is 3.62. The van der Waals surface area contributed by atoms with Crippen molar-refractivity contribution in [3.05, 3.63) is 39.7 Å². The molecule has 0 saturated heterocycles. The molecular weight excluding hydrogens is 342 g/mol. The van der Waals surface area contributed by atoms with Crippen LogP contribution in [0.15, 0.2) is 29.0 Å². The largest absolute Gasteiger partial charge is 0.483 e. The summed E-state index contributed by atoms with van der Waals surface area (Å²) in [5, 5.41) is 3.77. The Kier molecular flexibility index (Phi) is 2.86. The van der Waals surface area contributed by atoms with Gasteiger partial charge < -0.3 is 10.1 Å². The average Bonchev–Trinajstić information content (AvgIpc) is 3.23. The van der Waals surface area contributed by atoms with Gasteiger partial charge in [0, 0.05) is 10.4 Å². The van der Waals surface area contributed by atoms with Gasteiger partial charge in [0.25, 0.3) is 0 Å². The predicted octanol–water partition coefficient (Wildman–Crippen LogP) is 4.48. The average molecular weight is 353 g/mol. The summed E-state index contributed by atoms with van der Waals surface area (Å²) in [5.41, 5.74) is 1.75. The molecular formula is C14H11BrClN3O. The van der Waals surface area contributed by atoms with E-state index in [9.17, 15) is 0 Å². The van der Waals surface area contributed by atoms with Crippen LogP contribution in [0.3, 0.4) is 0 Å². The molecule has 2 aliphatic rings. The first-order valence-corrected chi connectivity index (χ1v) is 7.63. The van der Waals surface area contributed by atoms with Crippen molar-refractivity contribution in [1.29, 1.82) is 0 Å². The Morgan fingerprint density at radius 3 is 2.95 bits per heavy atom. The van der Waals surface area contributed by atoms with Gasteiger partial charge in [-0.25, -0.2) is 9.97 Å². The minimum Gasteiger partial charge on any atom is -0.483 e. The highest BCUT2D eigenvalue weighted by Crippen LogP contribution is 2.50. The Hall–Kier alpha value is -1.33. The first-order valence-electron chi connectivity index (χ1n) is 6.46. The van der Waals surface area contributed by atoms with Crippen LogP contribution in [0.4, 0.5) is 11.5 Å². The number of hydrogen-bond donors (Lipinski definition) is 1. The number of benzene rings is 1. The van der Waals surface area contributed by atoms with Crippen LogP contribution in [0.5, 0.6) is 5.75 Å². The summed E-state index contributed by atoms with van der Waals surface area (Å²) in [7, 11) is 0. The molecule has 1 fully saturated rings. The van der Waals surface area contributed by atoms with E-state index >= 15 is 0 Å². The Morgan fingerprint density at radius 1 is 1.30 bits per heavy atom. The van der Waals surface area contributed by atoms with Crippen LogP contribution in [0.2, 0.25) is 5.15 Å². The van der Waals surface area contributed by atoms with E-state index in [1.165, 1.54) is 6.33 Å². The van der Waals surface area contributed by atoms with Crippen LogP contribution in [0, 0.1) is 5.92 Å². The first-order chi connectivity index (χ1) is 9.72. The summed E-state index contributed by atoms with van der Waals surface area (Å²) in [5.74, 6) is 2.05. The fourth-order valence-electron chi connectivity index (χ4n) is 2.48. The van der Waals surface area contributed by atoms with Crippen LogP contribution in [0.1, 0.15) is 24.5 Å². The molecule has 4 rings (SSSR count). The van der Waals surface area contributed by atoms with Crippen molar-refractivity contribution in [2.45, 2.75) is 18.9 Å². The van der Waals surface area contributed by atoms with Gasteiger partial charge in [-0.2, -0.15) is 0 Å². The van der Waals surface area contributed by atoms with Crippen molar-refractivity contribution < 1.29 is 4.74 Å². The molecule has 102 valence electrons. The van der Waals surface area contributed by atoms with Gasteiger partial charge in [-0.15, -0.1) is 0 Å². The van der Waals surface area contributed by atoms with Crippen molar-refractivity contribution in [2.75, 3.05) is 5.32 Å². The van der Waals surface area contributed by atoms with Crippen LogP contribution in [-0.4, -0.2) is 9.97 Å². The molecule has 0 radical (unpaired) electrons. The molecule has 1 aromatic heterocycles. The lowest BCUT2D eigenvalue weighted by atomic mass is 10.1. The van der Waals surface area contributed by atoms with Gasteiger partial charge in [0.05, 0.1) is 11.3 Å². The van der Waals surface area contributed by atoms with Crippen molar-refractivity contribution in [3.63, 3.8) is 0 Å². The van der Waals surface area contributed by atoms with Crippen molar-refractivity contribution in [2.24, 2.45) is 5.92 Å². The second-order valence-corrected chi connectivity index (χ2v) is 6.34. The monoisotopic (exact) mass is 351 g/mol. The van der Waals surface area contributed by atoms with Gasteiger partial charge in [-0.3, -0.25) is 0 Å². The van der Waals surface area contributed by atoms with Crippen LogP contribution in [0.25, 0.3) is 0 Å². The van der Waals surface area contributed by atoms with Gasteiger partial charge in [0.2, 0.25) is 0 Å². The third kappa shape index (κ3) is 2.05. The predicted molar refractivity (Wildman–Crippen MR) is 80.6 cm³/mol. The van der Waals surface area contributed by atoms with Crippen molar-refractivity contribution in [3.8, 4) is 5.75 Å². The number of nitrogens with one attached hydrogen (secondary N) is 1. The smallest absolute Gasteiger partial charge is 0.143 e. The fourth-order valence-corrected chi connectivity index (χ4v) is 3.08. The molecule has 1 unspecified atom stereocenters. The molecule has 6 heteroatoms. The Morgan fingerprint density at radius 2 is 2.15 bits per heavy atom. The lowest BCUT2D eigenvalue weighted by Crippen LogP contribution is -2.11. The van der Waals surface area contributed by atoms with E-state index in [0.29, 0.717) is 11.1 Å². The summed E-state index contributed by atoms with van der Waals surface area (Å²) in [4.78, 5) is 8.43. The highest BCUT2D eigenvalue weighted by molar-refractivity contribution is 9.10. The van der Waals surface area contributed by atoms with E-state index in [1.54, 1.807) is 0 Å². The molecule has 1 N–H and O–H groups in total. The maximum Gasteiger partial charge on any atom is 0.143 e. The van der Waals surface area contributed by atoms with Gasteiger partial charge >= 0.3 is 0 Å². The molecule has 0 spiro atoms. The van der Waals surface area contributed by atoms with Crippen LogP contribution < -0.4 is 10.1 Å². The first kappa shape index (κ1) is 12.4. The molecule has 0 bridgehead atoms. The number of anilines is 2. The lowest BCUT2D eigenvalue weighted by molar-refractivity contribution is 0.184. The molecule has 1 aliphatic heterocycles. The number of nitrogens with zero attached hydrogens (tertiary/aromatic N) is 2. The van der Waals surface area contributed by atoms with Gasteiger partial charge in [-0.1, -0.05) is 27.5 Å². The maximum absolute atomic E-state index is 6.28. The number of aromatic nitrogens is 2. The second kappa shape index (κ2) is 4.60. The number of ether oxygens (including phenoxy) is 1. The number of fused-ring (bicyclic) bond motifs is 2. The van der Waals surface area contributed by atoms with Gasteiger partial charge in [0.15, 0.2) is 0 Å². The second-order valence-electron chi connectivity index (χ2n) is 5.07. The highest BCUT2D eigenvalue weighted by atomic mass is 79.9. The Bertz CT molecular complexity index is 690. The normalized spacial score (nSPS) is 20.2. The SMILES string of the molecule is Clc1ncnc2c1C(C1CC1)Oc1ccc(Br)cc1N2. The van der Waals surface area contributed by atoms with E-state index in [2.05, 4.69) is 31.2 Å². The molecule has 4 nitrogen and oxygen atoms in total. The van der Waals surface area contributed by atoms with Crippen molar-refractivity contribution in [1.82, 2.24) is 9.97 Å². The van der Waals surface area contributed by atoms with Crippen LogP contribution >= 0.6 is 27.5 Å². The van der Waals surface area contributed by atoms with Crippen molar-refractivity contribution >= 4 is 39.0 Å². The molecule has 1 atom stereocenters. The van der Waals surface area contributed by atoms with E-state index in [4.69, 9.17) is 16.3 Å². The number of halogens is 2. The zero-order valence-electron chi connectivity index (χ0n) is 10.4. The van der Waals surface area contributed by atoms with E-state index < -0.39 is 0 Å². The quantitative estimate of drug-likeness (QED) is 0.769. The molecule has 1 aliphatic carbocycles. The summed E-state index contributed by atoms with van der Waals surface area (Å²) >= 11 is 9.75. The Balaban J connectivity index is 1.89. The zero-order valence-corrected chi connectivity index (χ0v) is 12.8. The number of hydrogen-bond acceptors (Lipinski definition) is 4.